The first-order valence-corrected chi connectivity index (χ1v) is 9.42. The van der Waals surface area contributed by atoms with Gasteiger partial charge < -0.3 is 15.5 Å². The zero-order chi connectivity index (χ0) is 17.2. The molecule has 1 aliphatic carbocycles. The number of carbonyl (C=O) groups is 2. The van der Waals surface area contributed by atoms with Crippen molar-refractivity contribution >= 4 is 40.2 Å². The zero-order valence-electron chi connectivity index (χ0n) is 14.2. The lowest BCUT2D eigenvalue weighted by Gasteiger charge is -2.41. The molecule has 1 aromatic carbocycles. The molecule has 5 nitrogen and oxygen atoms in total. The van der Waals surface area contributed by atoms with E-state index in [0.717, 1.165) is 30.2 Å². The maximum atomic E-state index is 12.8. The fourth-order valence-electron chi connectivity index (χ4n) is 3.60. The highest BCUT2D eigenvalue weighted by Gasteiger charge is 2.39. The largest absolute Gasteiger partial charge is 0.338 e. The molecule has 2 amide bonds. The lowest BCUT2D eigenvalue weighted by Crippen LogP contribution is -2.60. The Balaban J connectivity index is 0.00000225. The average molecular weight is 431 g/mol. The zero-order valence-corrected chi connectivity index (χ0v) is 16.7. The standard InChI is InChI=1S/C18H24BrN3O2.ClH/c19-15-6-4-14(5-7-15)16(23)21-10-12-22(13-11-21)17(24)18(20)8-2-1-3-9-18;/h4-7H,1-3,8-13,20H2;1H. The Morgan fingerprint density at radius 2 is 1.44 bits per heavy atom. The normalized spacial score (nSPS) is 19.9. The van der Waals surface area contributed by atoms with Gasteiger partial charge in [-0.25, -0.2) is 0 Å². The molecule has 0 aromatic heterocycles. The van der Waals surface area contributed by atoms with Crippen LogP contribution in [0, 0.1) is 0 Å². The molecule has 1 aromatic rings. The van der Waals surface area contributed by atoms with E-state index in [2.05, 4.69) is 15.9 Å². The second-order valence-corrected chi connectivity index (χ2v) is 7.72. The van der Waals surface area contributed by atoms with E-state index < -0.39 is 5.54 Å². The summed E-state index contributed by atoms with van der Waals surface area (Å²) in [6, 6.07) is 7.38. The molecule has 1 aliphatic heterocycles. The first-order valence-electron chi connectivity index (χ1n) is 8.63. The van der Waals surface area contributed by atoms with Crippen molar-refractivity contribution in [3.05, 3.63) is 34.3 Å². The van der Waals surface area contributed by atoms with Crippen LogP contribution in [0.25, 0.3) is 0 Å². The van der Waals surface area contributed by atoms with Gasteiger partial charge in [0.2, 0.25) is 5.91 Å². The van der Waals surface area contributed by atoms with Gasteiger partial charge in [0.15, 0.2) is 0 Å². The van der Waals surface area contributed by atoms with Gasteiger partial charge in [0, 0.05) is 36.2 Å². The number of hydrogen-bond donors (Lipinski definition) is 1. The summed E-state index contributed by atoms with van der Waals surface area (Å²) in [7, 11) is 0. The number of rotatable bonds is 2. The van der Waals surface area contributed by atoms with Crippen LogP contribution < -0.4 is 5.73 Å². The van der Waals surface area contributed by atoms with E-state index in [1.165, 1.54) is 6.42 Å². The quantitative estimate of drug-likeness (QED) is 0.784. The molecular weight excluding hydrogens is 406 g/mol. The molecule has 2 aliphatic rings. The minimum atomic E-state index is -0.684. The van der Waals surface area contributed by atoms with Crippen LogP contribution in [0.2, 0.25) is 0 Å². The average Bonchev–Trinajstić information content (AvgIpc) is 2.62. The molecule has 25 heavy (non-hydrogen) atoms. The van der Waals surface area contributed by atoms with Gasteiger partial charge in [-0.15, -0.1) is 12.4 Å². The second-order valence-electron chi connectivity index (χ2n) is 6.81. The summed E-state index contributed by atoms with van der Waals surface area (Å²) in [5.41, 5.74) is 6.35. The number of amides is 2. The number of carbonyl (C=O) groups excluding carboxylic acids is 2. The first kappa shape index (κ1) is 20.2. The van der Waals surface area contributed by atoms with Crippen molar-refractivity contribution in [1.82, 2.24) is 9.80 Å². The van der Waals surface area contributed by atoms with Gasteiger partial charge in [-0.1, -0.05) is 35.2 Å². The van der Waals surface area contributed by atoms with Gasteiger partial charge in [-0.2, -0.15) is 0 Å². The van der Waals surface area contributed by atoms with Crippen molar-refractivity contribution in [1.29, 1.82) is 0 Å². The van der Waals surface area contributed by atoms with Crippen molar-refractivity contribution in [3.63, 3.8) is 0 Å². The Morgan fingerprint density at radius 1 is 0.920 bits per heavy atom. The van der Waals surface area contributed by atoms with Crippen LogP contribution in [0.3, 0.4) is 0 Å². The minimum absolute atomic E-state index is 0. The molecule has 1 saturated carbocycles. The molecule has 3 rings (SSSR count). The summed E-state index contributed by atoms with van der Waals surface area (Å²) in [6.45, 7) is 2.27. The lowest BCUT2D eigenvalue weighted by molar-refractivity contribution is -0.139. The van der Waals surface area contributed by atoms with Gasteiger partial charge in [0.05, 0.1) is 5.54 Å². The second kappa shape index (κ2) is 8.52. The fourth-order valence-corrected chi connectivity index (χ4v) is 3.86. The summed E-state index contributed by atoms with van der Waals surface area (Å²) in [4.78, 5) is 28.9. The van der Waals surface area contributed by atoms with E-state index >= 15 is 0 Å². The van der Waals surface area contributed by atoms with Crippen molar-refractivity contribution in [2.45, 2.75) is 37.6 Å². The van der Waals surface area contributed by atoms with E-state index in [9.17, 15) is 9.59 Å². The van der Waals surface area contributed by atoms with Crippen molar-refractivity contribution in [2.75, 3.05) is 26.2 Å². The Morgan fingerprint density at radius 3 is 2.00 bits per heavy atom. The fraction of sp³-hybridized carbons (Fsp3) is 0.556. The van der Waals surface area contributed by atoms with Crippen LogP contribution in [0.15, 0.2) is 28.7 Å². The smallest absolute Gasteiger partial charge is 0.253 e. The lowest BCUT2D eigenvalue weighted by atomic mass is 9.81. The van der Waals surface area contributed by atoms with E-state index in [4.69, 9.17) is 5.73 Å². The predicted molar refractivity (Wildman–Crippen MR) is 104 cm³/mol. The Bertz CT molecular complexity index is 609. The van der Waals surface area contributed by atoms with Gasteiger partial charge in [-0.3, -0.25) is 9.59 Å². The molecular formula is C18H25BrClN3O2. The van der Waals surface area contributed by atoms with Crippen molar-refractivity contribution in [3.8, 4) is 0 Å². The minimum Gasteiger partial charge on any atom is -0.338 e. The van der Waals surface area contributed by atoms with Crippen molar-refractivity contribution < 1.29 is 9.59 Å². The van der Waals surface area contributed by atoms with Crippen LogP contribution >= 0.6 is 28.3 Å². The maximum Gasteiger partial charge on any atom is 0.253 e. The highest BCUT2D eigenvalue weighted by atomic mass is 79.9. The Kier molecular flexibility index (Phi) is 6.88. The highest BCUT2D eigenvalue weighted by molar-refractivity contribution is 9.10. The molecule has 0 bridgehead atoms. The molecule has 138 valence electrons. The van der Waals surface area contributed by atoms with Gasteiger partial charge in [0.25, 0.3) is 5.91 Å². The number of halogens is 2. The molecule has 1 saturated heterocycles. The highest BCUT2D eigenvalue weighted by Crippen LogP contribution is 2.28. The monoisotopic (exact) mass is 429 g/mol. The van der Waals surface area contributed by atoms with E-state index in [1.807, 2.05) is 34.1 Å². The number of benzene rings is 1. The molecule has 2 fully saturated rings. The molecule has 0 spiro atoms. The first-order chi connectivity index (χ1) is 11.5. The summed E-state index contributed by atoms with van der Waals surface area (Å²) in [6.07, 6.45) is 4.80. The van der Waals surface area contributed by atoms with Crippen LogP contribution in [0.5, 0.6) is 0 Å². The number of nitrogens with zero attached hydrogens (tertiary/aromatic N) is 2. The Hall–Kier alpha value is -1.11. The number of piperazine rings is 1. The van der Waals surface area contributed by atoms with Crippen LogP contribution in [0.4, 0.5) is 0 Å². The molecule has 1 heterocycles. The molecule has 0 radical (unpaired) electrons. The number of nitrogens with two attached hydrogens (primary N) is 1. The third-order valence-corrected chi connectivity index (χ3v) is 5.65. The van der Waals surface area contributed by atoms with Crippen molar-refractivity contribution in [2.24, 2.45) is 5.73 Å². The summed E-state index contributed by atoms with van der Waals surface area (Å²) >= 11 is 3.38. The SMILES string of the molecule is Cl.NC1(C(=O)N2CCN(C(=O)c3ccc(Br)cc3)CC2)CCCCC1. The van der Waals surface area contributed by atoms with Crippen LogP contribution in [0.1, 0.15) is 42.5 Å². The molecule has 7 heteroatoms. The summed E-state index contributed by atoms with van der Waals surface area (Å²) in [5.74, 6) is 0.0904. The topological polar surface area (TPSA) is 66.6 Å². The van der Waals surface area contributed by atoms with E-state index in [1.54, 1.807) is 0 Å². The molecule has 0 unspecified atom stereocenters. The van der Waals surface area contributed by atoms with Crippen LogP contribution in [-0.4, -0.2) is 53.3 Å². The van der Waals surface area contributed by atoms with Gasteiger partial charge in [-0.05, 0) is 37.1 Å². The van der Waals surface area contributed by atoms with Gasteiger partial charge >= 0.3 is 0 Å². The third kappa shape index (κ3) is 4.54. The Labute approximate surface area is 163 Å². The number of hydrogen-bond acceptors (Lipinski definition) is 3. The molecule has 0 atom stereocenters. The van der Waals surface area contributed by atoms with Gasteiger partial charge in [0.1, 0.15) is 0 Å². The van der Waals surface area contributed by atoms with Crippen LogP contribution in [-0.2, 0) is 4.79 Å². The maximum absolute atomic E-state index is 12.8. The van der Waals surface area contributed by atoms with E-state index in [0.29, 0.717) is 31.7 Å². The third-order valence-electron chi connectivity index (χ3n) is 5.12. The predicted octanol–water partition coefficient (Wildman–Crippen LogP) is 2.82. The molecule has 2 N–H and O–H groups in total. The van der Waals surface area contributed by atoms with E-state index in [-0.39, 0.29) is 24.2 Å². The summed E-state index contributed by atoms with van der Waals surface area (Å²) < 4.78 is 0.954. The summed E-state index contributed by atoms with van der Waals surface area (Å²) in [5, 5.41) is 0.